The second-order valence-electron chi connectivity index (χ2n) is 4.74. The van der Waals surface area contributed by atoms with Gasteiger partial charge in [-0.3, -0.25) is 0 Å². The number of esters is 1. The van der Waals surface area contributed by atoms with Gasteiger partial charge in [-0.25, -0.2) is 17.9 Å². The minimum absolute atomic E-state index is 0.0607. The van der Waals surface area contributed by atoms with Crippen LogP contribution >= 0.6 is 11.3 Å². The van der Waals surface area contributed by atoms with E-state index < -0.39 is 22.1 Å². The molecule has 0 unspecified atom stereocenters. The van der Waals surface area contributed by atoms with Crippen LogP contribution in [0, 0.1) is 0 Å². The highest BCUT2D eigenvalue weighted by Crippen LogP contribution is 2.25. The molecule has 0 radical (unpaired) electrons. The molecule has 1 heterocycles. The number of carbonyl (C=O) groups excluding carboxylic acids is 1. The smallest absolute Gasteiger partial charge is 0.349 e. The second kappa shape index (κ2) is 6.21. The van der Waals surface area contributed by atoms with Crippen molar-refractivity contribution in [3.63, 3.8) is 0 Å². The molecule has 2 rings (SSSR count). The van der Waals surface area contributed by atoms with Gasteiger partial charge in [-0.2, -0.15) is 0 Å². The Labute approximate surface area is 121 Å². The Morgan fingerprint density at radius 1 is 1.50 bits per heavy atom. The van der Waals surface area contributed by atoms with E-state index in [0.29, 0.717) is 19.3 Å². The van der Waals surface area contributed by atoms with Gasteiger partial charge < -0.3 is 9.84 Å². The Morgan fingerprint density at radius 2 is 2.25 bits per heavy atom. The van der Waals surface area contributed by atoms with Gasteiger partial charge in [0.15, 0.2) is 0 Å². The van der Waals surface area contributed by atoms with Crippen molar-refractivity contribution in [1.82, 2.24) is 4.72 Å². The average molecular weight is 319 g/mol. The number of ether oxygens (including phenoxy) is 1. The molecule has 2 N–H and O–H groups in total. The van der Waals surface area contributed by atoms with Gasteiger partial charge in [-0.05, 0) is 37.1 Å². The van der Waals surface area contributed by atoms with E-state index in [4.69, 9.17) is 0 Å². The van der Waals surface area contributed by atoms with Crippen LogP contribution in [0.5, 0.6) is 0 Å². The highest BCUT2D eigenvalue weighted by atomic mass is 32.2. The number of thiophene rings is 1. The predicted molar refractivity (Wildman–Crippen MR) is 74.2 cm³/mol. The molecule has 0 aliphatic heterocycles. The van der Waals surface area contributed by atoms with E-state index in [-0.39, 0.29) is 15.8 Å². The molecule has 0 amide bonds. The van der Waals surface area contributed by atoms with E-state index in [1.54, 1.807) is 0 Å². The number of nitrogens with one attached hydrogen (secondary N) is 1. The zero-order valence-electron chi connectivity index (χ0n) is 11.0. The van der Waals surface area contributed by atoms with Crippen LogP contribution < -0.4 is 4.72 Å². The molecule has 1 fully saturated rings. The first-order valence-corrected chi connectivity index (χ1v) is 8.66. The topological polar surface area (TPSA) is 92.7 Å². The van der Waals surface area contributed by atoms with E-state index in [2.05, 4.69) is 9.46 Å². The lowest BCUT2D eigenvalue weighted by Crippen LogP contribution is -2.39. The molecule has 0 saturated heterocycles. The summed E-state index contributed by atoms with van der Waals surface area (Å²) in [7, 11) is -2.57. The Kier molecular flexibility index (Phi) is 4.79. The zero-order chi connectivity index (χ0) is 14.8. The molecule has 112 valence electrons. The first kappa shape index (κ1) is 15.4. The molecule has 0 aromatic carbocycles. The van der Waals surface area contributed by atoms with Crippen LogP contribution in [0.1, 0.15) is 35.4 Å². The third-order valence-corrected chi connectivity index (χ3v) is 5.84. The Hall–Kier alpha value is -0.960. The number of carbonyl (C=O) groups is 1. The fraction of sp³-hybridized carbons (Fsp3) is 0.583. The van der Waals surface area contributed by atoms with Crippen molar-refractivity contribution < 1.29 is 23.1 Å². The standard InChI is InChI=1S/C12H17NO5S2/c1-18-12(15)11-10(5-6-19-11)20(16,17)13-8-3-2-4-9(14)7-8/h5-6,8-9,13-14H,2-4,7H2,1H3/t8-,9+/m0/s1. The maximum absolute atomic E-state index is 12.3. The van der Waals surface area contributed by atoms with Crippen molar-refractivity contribution in [3.8, 4) is 0 Å². The van der Waals surface area contributed by atoms with Crippen molar-refractivity contribution in [2.45, 2.75) is 42.7 Å². The third-order valence-electron chi connectivity index (χ3n) is 3.26. The molecule has 1 aromatic rings. The van der Waals surface area contributed by atoms with Crippen molar-refractivity contribution >= 4 is 27.3 Å². The molecule has 6 nitrogen and oxygen atoms in total. The second-order valence-corrected chi connectivity index (χ2v) is 7.34. The number of aliphatic hydroxyl groups excluding tert-OH is 1. The quantitative estimate of drug-likeness (QED) is 0.811. The SMILES string of the molecule is COC(=O)c1sccc1S(=O)(=O)N[C@H]1CCC[C@@H](O)C1. The summed E-state index contributed by atoms with van der Waals surface area (Å²) >= 11 is 1.03. The average Bonchev–Trinajstić information content (AvgIpc) is 2.87. The number of hydrogen-bond donors (Lipinski definition) is 2. The molecule has 1 aliphatic carbocycles. The molecular formula is C12H17NO5S2. The molecule has 2 atom stereocenters. The maximum atomic E-state index is 12.3. The minimum atomic E-state index is -3.78. The highest BCUT2D eigenvalue weighted by molar-refractivity contribution is 7.89. The van der Waals surface area contributed by atoms with E-state index in [1.165, 1.54) is 18.6 Å². The normalized spacial score (nSPS) is 23.5. The first-order chi connectivity index (χ1) is 9.44. The molecule has 0 spiro atoms. The van der Waals surface area contributed by atoms with Crippen LogP contribution in [0.25, 0.3) is 0 Å². The fourth-order valence-corrected chi connectivity index (χ4v) is 4.92. The van der Waals surface area contributed by atoms with Gasteiger partial charge in [0.2, 0.25) is 10.0 Å². The Morgan fingerprint density at radius 3 is 2.90 bits per heavy atom. The van der Waals surface area contributed by atoms with Gasteiger partial charge in [0.05, 0.1) is 13.2 Å². The Bertz CT molecular complexity index is 580. The van der Waals surface area contributed by atoms with Gasteiger partial charge in [0.25, 0.3) is 0 Å². The van der Waals surface area contributed by atoms with Crippen molar-refractivity contribution in [2.75, 3.05) is 7.11 Å². The van der Waals surface area contributed by atoms with Gasteiger partial charge in [-0.15, -0.1) is 11.3 Å². The van der Waals surface area contributed by atoms with Crippen LogP contribution in [0.3, 0.4) is 0 Å². The van der Waals surface area contributed by atoms with Crippen molar-refractivity contribution in [1.29, 1.82) is 0 Å². The summed E-state index contributed by atoms with van der Waals surface area (Å²) in [6, 6.07) is 1.09. The summed E-state index contributed by atoms with van der Waals surface area (Å²) in [5.74, 6) is -0.663. The number of aliphatic hydroxyl groups is 1. The summed E-state index contributed by atoms with van der Waals surface area (Å²) in [5.41, 5.74) is 0. The van der Waals surface area contributed by atoms with Gasteiger partial charge in [0.1, 0.15) is 9.77 Å². The van der Waals surface area contributed by atoms with E-state index in [0.717, 1.165) is 17.8 Å². The van der Waals surface area contributed by atoms with E-state index in [1.807, 2.05) is 0 Å². The van der Waals surface area contributed by atoms with Crippen molar-refractivity contribution in [2.24, 2.45) is 0 Å². The first-order valence-electron chi connectivity index (χ1n) is 6.30. The fourth-order valence-electron chi connectivity index (χ4n) is 2.30. The molecule has 1 saturated carbocycles. The lowest BCUT2D eigenvalue weighted by molar-refractivity contribution is 0.0602. The van der Waals surface area contributed by atoms with Crippen LogP contribution in [0.4, 0.5) is 0 Å². The number of hydrogen-bond acceptors (Lipinski definition) is 6. The summed E-state index contributed by atoms with van der Waals surface area (Å²) in [5, 5.41) is 11.1. The molecule has 1 aliphatic rings. The number of rotatable bonds is 4. The molecule has 20 heavy (non-hydrogen) atoms. The predicted octanol–water partition coefficient (Wildman–Crippen LogP) is 1.12. The minimum Gasteiger partial charge on any atom is -0.465 e. The molecule has 8 heteroatoms. The summed E-state index contributed by atoms with van der Waals surface area (Å²) in [6.45, 7) is 0. The van der Waals surface area contributed by atoms with Crippen LogP contribution in [-0.2, 0) is 14.8 Å². The van der Waals surface area contributed by atoms with Crippen molar-refractivity contribution in [3.05, 3.63) is 16.3 Å². The van der Waals surface area contributed by atoms with Gasteiger partial charge in [0, 0.05) is 6.04 Å². The Balaban J connectivity index is 2.18. The summed E-state index contributed by atoms with van der Waals surface area (Å²) in [4.78, 5) is 11.5. The maximum Gasteiger partial charge on any atom is 0.349 e. The number of sulfonamides is 1. The highest BCUT2D eigenvalue weighted by Gasteiger charge is 2.29. The molecule has 0 bridgehead atoms. The van der Waals surface area contributed by atoms with Crippen LogP contribution in [0.2, 0.25) is 0 Å². The molecule has 1 aromatic heterocycles. The van der Waals surface area contributed by atoms with E-state index >= 15 is 0 Å². The number of methoxy groups -OCH3 is 1. The largest absolute Gasteiger partial charge is 0.465 e. The van der Waals surface area contributed by atoms with E-state index in [9.17, 15) is 18.3 Å². The monoisotopic (exact) mass is 319 g/mol. The summed E-state index contributed by atoms with van der Waals surface area (Å²) < 4.78 is 31.8. The molecular weight excluding hydrogens is 302 g/mol. The van der Waals surface area contributed by atoms with Crippen LogP contribution in [-0.4, -0.2) is 38.7 Å². The van der Waals surface area contributed by atoms with Gasteiger partial charge in [-0.1, -0.05) is 0 Å². The lowest BCUT2D eigenvalue weighted by atomic mass is 9.94. The lowest BCUT2D eigenvalue weighted by Gasteiger charge is -2.26. The van der Waals surface area contributed by atoms with Gasteiger partial charge >= 0.3 is 5.97 Å². The van der Waals surface area contributed by atoms with Crippen LogP contribution in [0.15, 0.2) is 16.3 Å². The zero-order valence-corrected chi connectivity index (χ0v) is 12.7. The summed E-state index contributed by atoms with van der Waals surface area (Å²) in [6.07, 6.45) is 2.09. The third kappa shape index (κ3) is 3.38.